The SMILES string of the molecule is CCc1ccccc1NC(C)CO. The molecule has 1 unspecified atom stereocenters. The molecule has 0 amide bonds. The number of hydrogen-bond donors (Lipinski definition) is 2. The summed E-state index contributed by atoms with van der Waals surface area (Å²) in [6, 6.07) is 8.31. The summed E-state index contributed by atoms with van der Waals surface area (Å²) in [6.45, 7) is 4.26. The van der Waals surface area contributed by atoms with E-state index in [1.54, 1.807) is 0 Å². The van der Waals surface area contributed by atoms with E-state index in [1.165, 1.54) is 5.56 Å². The van der Waals surface area contributed by atoms with Gasteiger partial charge in [0.25, 0.3) is 0 Å². The van der Waals surface area contributed by atoms with Crippen LogP contribution < -0.4 is 5.32 Å². The lowest BCUT2D eigenvalue weighted by molar-refractivity contribution is 0.281. The van der Waals surface area contributed by atoms with Crippen LogP contribution in [0.15, 0.2) is 24.3 Å². The summed E-state index contributed by atoms with van der Waals surface area (Å²) in [4.78, 5) is 0. The Balaban J connectivity index is 2.74. The Kier molecular flexibility index (Phi) is 3.77. The molecule has 0 heterocycles. The molecule has 0 fully saturated rings. The van der Waals surface area contributed by atoms with Crippen molar-refractivity contribution < 1.29 is 5.11 Å². The zero-order valence-corrected chi connectivity index (χ0v) is 8.25. The normalized spacial score (nSPS) is 12.5. The molecule has 2 nitrogen and oxygen atoms in total. The van der Waals surface area contributed by atoms with Crippen molar-refractivity contribution in [3.05, 3.63) is 29.8 Å². The summed E-state index contributed by atoms with van der Waals surface area (Å²) in [5.74, 6) is 0. The van der Waals surface area contributed by atoms with E-state index in [9.17, 15) is 0 Å². The van der Waals surface area contributed by atoms with Crippen molar-refractivity contribution >= 4 is 5.69 Å². The quantitative estimate of drug-likeness (QED) is 0.741. The fourth-order valence-corrected chi connectivity index (χ4v) is 1.28. The first kappa shape index (κ1) is 10.1. The summed E-state index contributed by atoms with van der Waals surface area (Å²) >= 11 is 0. The number of aliphatic hydroxyl groups is 1. The maximum Gasteiger partial charge on any atom is 0.0630 e. The largest absolute Gasteiger partial charge is 0.394 e. The van der Waals surface area contributed by atoms with Gasteiger partial charge >= 0.3 is 0 Å². The van der Waals surface area contributed by atoms with E-state index in [0.29, 0.717) is 0 Å². The van der Waals surface area contributed by atoms with Crippen LogP contribution in [0, 0.1) is 0 Å². The van der Waals surface area contributed by atoms with Gasteiger partial charge in [-0.25, -0.2) is 0 Å². The predicted molar refractivity (Wildman–Crippen MR) is 56.0 cm³/mol. The van der Waals surface area contributed by atoms with Crippen LogP contribution in [-0.4, -0.2) is 17.8 Å². The lowest BCUT2D eigenvalue weighted by Crippen LogP contribution is -2.19. The van der Waals surface area contributed by atoms with Crippen LogP contribution in [0.3, 0.4) is 0 Å². The molecule has 0 aliphatic heterocycles. The first-order chi connectivity index (χ1) is 6.27. The van der Waals surface area contributed by atoms with Gasteiger partial charge in [0.2, 0.25) is 0 Å². The molecule has 2 N–H and O–H groups in total. The van der Waals surface area contributed by atoms with Gasteiger partial charge < -0.3 is 10.4 Å². The van der Waals surface area contributed by atoms with Crippen molar-refractivity contribution in [3.63, 3.8) is 0 Å². The van der Waals surface area contributed by atoms with Gasteiger partial charge in [0.05, 0.1) is 6.61 Å². The Hall–Kier alpha value is -1.02. The fraction of sp³-hybridized carbons (Fsp3) is 0.455. The predicted octanol–water partition coefficient (Wildman–Crippen LogP) is 2.04. The minimum Gasteiger partial charge on any atom is -0.394 e. The third-order valence-corrected chi connectivity index (χ3v) is 2.07. The number of aliphatic hydroxyl groups excluding tert-OH is 1. The van der Waals surface area contributed by atoms with Gasteiger partial charge in [-0.1, -0.05) is 25.1 Å². The van der Waals surface area contributed by atoms with E-state index < -0.39 is 0 Å². The maximum absolute atomic E-state index is 8.90. The number of nitrogens with one attached hydrogen (secondary N) is 1. The fourth-order valence-electron chi connectivity index (χ4n) is 1.28. The molecule has 0 spiro atoms. The molecule has 1 rings (SSSR count). The third-order valence-electron chi connectivity index (χ3n) is 2.07. The van der Waals surface area contributed by atoms with Crippen LogP contribution in [0.5, 0.6) is 0 Å². The zero-order chi connectivity index (χ0) is 9.68. The van der Waals surface area contributed by atoms with Crippen molar-refractivity contribution in [2.24, 2.45) is 0 Å². The summed E-state index contributed by atoms with van der Waals surface area (Å²) in [5, 5.41) is 12.2. The minimum absolute atomic E-state index is 0.118. The molecule has 0 saturated heterocycles. The third kappa shape index (κ3) is 2.74. The summed E-state index contributed by atoms with van der Waals surface area (Å²) in [6.07, 6.45) is 1.02. The van der Waals surface area contributed by atoms with E-state index in [1.807, 2.05) is 25.1 Å². The molecule has 0 saturated carbocycles. The average molecular weight is 179 g/mol. The Morgan fingerprint density at radius 1 is 1.38 bits per heavy atom. The number of hydrogen-bond acceptors (Lipinski definition) is 2. The molecular weight excluding hydrogens is 162 g/mol. The second-order valence-electron chi connectivity index (χ2n) is 3.24. The standard InChI is InChI=1S/C11H17NO/c1-3-10-6-4-5-7-11(10)12-9(2)8-13/h4-7,9,12-13H,3,8H2,1-2H3. The molecule has 1 aromatic rings. The number of rotatable bonds is 4. The van der Waals surface area contributed by atoms with Crippen molar-refractivity contribution in [1.82, 2.24) is 0 Å². The van der Waals surface area contributed by atoms with Crippen LogP contribution in [0.1, 0.15) is 19.4 Å². The number of anilines is 1. The Morgan fingerprint density at radius 3 is 2.69 bits per heavy atom. The van der Waals surface area contributed by atoms with Crippen LogP contribution >= 0.6 is 0 Å². The Morgan fingerprint density at radius 2 is 2.08 bits per heavy atom. The van der Waals surface area contributed by atoms with Gasteiger partial charge in [-0.05, 0) is 25.0 Å². The second-order valence-corrected chi connectivity index (χ2v) is 3.24. The number of para-hydroxylation sites is 1. The highest BCUT2D eigenvalue weighted by Gasteiger charge is 2.02. The molecule has 0 aliphatic rings. The maximum atomic E-state index is 8.90. The van der Waals surface area contributed by atoms with Crippen molar-refractivity contribution in [3.8, 4) is 0 Å². The summed E-state index contributed by atoms with van der Waals surface area (Å²) < 4.78 is 0. The molecule has 72 valence electrons. The van der Waals surface area contributed by atoms with E-state index in [2.05, 4.69) is 18.3 Å². The zero-order valence-electron chi connectivity index (χ0n) is 8.25. The van der Waals surface area contributed by atoms with Gasteiger partial charge in [-0.15, -0.1) is 0 Å². The monoisotopic (exact) mass is 179 g/mol. The highest BCUT2D eigenvalue weighted by molar-refractivity contribution is 5.51. The highest BCUT2D eigenvalue weighted by Crippen LogP contribution is 2.15. The van der Waals surface area contributed by atoms with Gasteiger partial charge in [0.1, 0.15) is 0 Å². The Bertz CT molecular complexity index is 260. The second kappa shape index (κ2) is 4.87. The first-order valence-corrected chi connectivity index (χ1v) is 4.73. The van der Waals surface area contributed by atoms with Gasteiger partial charge in [-0.2, -0.15) is 0 Å². The van der Waals surface area contributed by atoms with Gasteiger partial charge in [0, 0.05) is 11.7 Å². The molecule has 13 heavy (non-hydrogen) atoms. The van der Waals surface area contributed by atoms with Gasteiger partial charge in [-0.3, -0.25) is 0 Å². The number of aryl methyl sites for hydroxylation is 1. The lowest BCUT2D eigenvalue weighted by Gasteiger charge is -2.15. The molecule has 0 aliphatic carbocycles. The number of benzene rings is 1. The topological polar surface area (TPSA) is 32.3 Å². The summed E-state index contributed by atoms with van der Waals surface area (Å²) in [5.41, 5.74) is 2.43. The molecule has 1 aromatic carbocycles. The molecule has 0 aromatic heterocycles. The van der Waals surface area contributed by atoms with E-state index in [-0.39, 0.29) is 12.6 Å². The van der Waals surface area contributed by atoms with E-state index >= 15 is 0 Å². The highest BCUT2D eigenvalue weighted by atomic mass is 16.3. The van der Waals surface area contributed by atoms with Gasteiger partial charge in [0.15, 0.2) is 0 Å². The lowest BCUT2D eigenvalue weighted by atomic mass is 10.1. The minimum atomic E-state index is 0.118. The molecule has 0 bridgehead atoms. The Labute approximate surface area is 79.6 Å². The molecule has 0 radical (unpaired) electrons. The summed E-state index contributed by atoms with van der Waals surface area (Å²) in [7, 11) is 0. The van der Waals surface area contributed by atoms with Crippen LogP contribution in [-0.2, 0) is 6.42 Å². The van der Waals surface area contributed by atoms with E-state index in [4.69, 9.17) is 5.11 Å². The van der Waals surface area contributed by atoms with Crippen LogP contribution in [0.4, 0.5) is 5.69 Å². The molecule has 1 atom stereocenters. The van der Waals surface area contributed by atoms with Crippen molar-refractivity contribution in [2.45, 2.75) is 26.3 Å². The van der Waals surface area contributed by atoms with E-state index in [0.717, 1.165) is 12.1 Å². The average Bonchev–Trinajstić information content (AvgIpc) is 2.18. The molecular formula is C11H17NO. The smallest absolute Gasteiger partial charge is 0.0630 e. The van der Waals surface area contributed by atoms with Crippen molar-refractivity contribution in [2.75, 3.05) is 11.9 Å². The van der Waals surface area contributed by atoms with Crippen LogP contribution in [0.2, 0.25) is 0 Å². The van der Waals surface area contributed by atoms with Crippen LogP contribution in [0.25, 0.3) is 0 Å². The molecule has 2 heteroatoms. The first-order valence-electron chi connectivity index (χ1n) is 4.73. The van der Waals surface area contributed by atoms with Crippen molar-refractivity contribution in [1.29, 1.82) is 0 Å².